The van der Waals surface area contributed by atoms with Crippen molar-refractivity contribution >= 4 is 23.5 Å². The van der Waals surface area contributed by atoms with E-state index >= 15 is 0 Å². The molecule has 0 fully saturated rings. The van der Waals surface area contributed by atoms with Crippen molar-refractivity contribution in [1.29, 1.82) is 0 Å². The minimum absolute atomic E-state index is 0.352. The number of aromatic nitrogens is 3. The maximum Gasteiger partial charge on any atom is 0.337 e. The highest BCUT2D eigenvalue weighted by Gasteiger charge is 2.33. The molecule has 2 N–H and O–H groups in total. The van der Waals surface area contributed by atoms with E-state index in [1.165, 1.54) is 20.5 Å². The molecule has 3 aromatic rings. The highest BCUT2D eigenvalue weighted by Crippen LogP contribution is 2.36. The van der Waals surface area contributed by atoms with Crippen molar-refractivity contribution in [2.45, 2.75) is 13.0 Å². The van der Waals surface area contributed by atoms with Crippen molar-refractivity contribution in [3.8, 4) is 11.5 Å². The molecule has 1 atom stereocenters. The number of anilines is 2. The number of methoxy groups -OCH3 is 3. The number of nitrogens with one attached hydrogen (secondary N) is 2. The van der Waals surface area contributed by atoms with E-state index in [1.54, 1.807) is 61.2 Å². The van der Waals surface area contributed by atoms with Crippen LogP contribution in [0.1, 0.15) is 28.9 Å². The van der Waals surface area contributed by atoms with Crippen molar-refractivity contribution in [3.63, 3.8) is 0 Å². The van der Waals surface area contributed by atoms with Gasteiger partial charge in [0.2, 0.25) is 5.95 Å². The Morgan fingerprint density at radius 3 is 2.48 bits per heavy atom. The van der Waals surface area contributed by atoms with Crippen LogP contribution in [0.5, 0.6) is 11.5 Å². The molecule has 1 aliphatic rings. The van der Waals surface area contributed by atoms with Crippen LogP contribution in [-0.4, -0.2) is 48.0 Å². The van der Waals surface area contributed by atoms with Crippen LogP contribution in [0.25, 0.3) is 0 Å². The summed E-state index contributed by atoms with van der Waals surface area (Å²) in [5.41, 5.74) is 2.67. The summed E-state index contributed by atoms with van der Waals surface area (Å²) in [5.74, 6) is 0.779. The molecule has 0 radical (unpaired) electrons. The van der Waals surface area contributed by atoms with Crippen molar-refractivity contribution < 1.29 is 23.8 Å². The van der Waals surface area contributed by atoms with E-state index in [1.807, 2.05) is 0 Å². The summed E-state index contributed by atoms with van der Waals surface area (Å²) in [6.07, 6.45) is 1.41. The van der Waals surface area contributed by atoms with Crippen LogP contribution in [0, 0.1) is 0 Å². The lowest BCUT2D eigenvalue weighted by Gasteiger charge is -2.29. The summed E-state index contributed by atoms with van der Waals surface area (Å²) in [6.45, 7) is 1.80. The minimum Gasteiger partial charge on any atom is -0.497 e. The van der Waals surface area contributed by atoms with E-state index in [0.717, 1.165) is 5.56 Å². The van der Waals surface area contributed by atoms with Gasteiger partial charge in [-0.05, 0) is 36.8 Å². The Morgan fingerprint density at radius 1 is 1.06 bits per heavy atom. The topological polar surface area (TPSA) is 117 Å². The minimum atomic E-state index is -0.577. The number of rotatable bonds is 6. The molecular formula is C23H23N5O5. The second kappa shape index (κ2) is 9.03. The number of allylic oxidation sites excluding steroid dienone is 1. The summed E-state index contributed by atoms with van der Waals surface area (Å²) in [7, 11) is 4.40. The standard InChI is InChI=1S/C23H23N5O5/c1-13-19(21(29)27-17-11-16(31-2)9-10-18(17)32-3)20(28-23(26-13)24-12-25-28)14-5-7-15(8-6-14)22(30)33-4/h5-12,20H,1-4H3,(H,27,29)(H,24,25,26). The average molecular weight is 449 g/mol. The Hall–Kier alpha value is -4.34. The Kier molecular flexibility index (Phi) is 5.99. The summed E-state index contributed by atoms with van der Waals surface area (Å²) in [5, 5.41) is 10.4. The van der Waals surface area contributed by atoms with Crippen molar-refractivity contribution in [3.05, 3.63) is 71.2 Å². The van der Waals surface area contributed by atoms with E-state index in [-0.39, 0.29) is 5.91 Å². The van der Waals surface area contributed by atoms with Gasteiger partial charge in [0, 0.05) is 11.8 Å². The van der Waals surface area contributed by atoms with Gasteiger partial charge in [-0.2, -0.15) is 10.1 Å². The summed E-state index contributed by atoms with van der Waals surface area (Å²) < 4.78 is 17.1. The SMILES string of the molecule is COC(=O)c1ccc(C2C(C(=O)Nc3cc(OC)ccc3OC)=C(C)Nc3ncnn32)cc1. The van der Waals surface area contributed by atoms with Gasteiger partial charge in [0.05, 0.1) is 38.2 Å². The molecule has 2 aromatic carbocycles. The molecule has 0 saturated heterocycles. The van der Waals surface area contributed by atoms with E-state index in [0.29, 0.717) is 40.0 Å². The fourth-order valence-corrected chi connectivity index (χ4v) is 3.71. The zero-order valence-corrected chi connectivity index (χ0v) is 18.6. The number of amides is 1. The average Bonchev–Trinajstić information content (AvgIpc) is 3.30. The first-order valence-corrected chi connectivity index (χ1v) is 10.1. The lowest BCUT2D eigenvalue weighted by Crippen LogP contribution is -2.31. The molecule has 1 unspecified atom stereocenters. The smallest absolute Gasteiger partial charge is 0.337 e. The van der Waals surface area contributed by atoms with Crippen LogP contribution in [0.4, 0.5) is 11.6 Å². The van der Waals surface area contributed by atoms with E-state index < -0.39 is 12.0 Å². The Balaban J connectivity index is 1.74. The molecule has 0 saturated carbocycles. The van der Waals surface area contributed by atoms with Crippen LogP contribution in [0.3, 0.4) is 0 Å². The molecule has 170 valence electrons. The lowest BCUT2D eigenvalue weighted by atomic mass is 9.94. The first-order valence-electron chi connectivity index (χ1n) is 10.1. The molecule has 0 spiro atoms. The van der Waals surface area contributed by atoms with Crippen LogP contribution in [0.15, 0.2) is 60.1 Å². The second-order valence-corrected chi connectivity index (χ2v) is 7.23. The first kappa shape index (κ1) is 21.9. The van der Waals surface area contributed by atoms with Crippen LogP contribution < -0.4 is 20.1 Å². The van der Waals surface area contributed by atoms with Gasteiger partial charge in [0.15, 0.2) is 0 Å². The molecule has 4 rings (SSSR count). The van der Waals surface area contributed by atoms with Gasteiger partial charge >= 0.3 is 5.97 Å². The third-order valence-corrected chi connectivity index (χ3v) is 5.34. The third kappa shape index (κ3) is 4.10. The number of fused-ring (bicyclic) bond motifs is 1. The normalized spacial score (nSPS) is 14.7. The van der Waals surface area contributed by atoms with Gasteiger partial charge in [0.25, 0.3) is 5.91 Å². The van der Waals surface area contributed by atoms with Gasteiger partial charge in [0.1, 0.15) is 23.9 Å². The zero-order valence-electron chi connectivity index (χ0n) is 18.6. The number of ether oxygens (including phenoxy) is 3. The predicted octanol–water partition coefficient (Wildman–Crippen LogP) is 3.01. The molecule has 1 amide bonds. The zero-order chi connectivity index (χ0) is 23.5. The number of hydrogen-bond acceptors (Lipinski definition) is 8. The van der Waals surface area contributed by atoms with Crippen molar-refractivity contribution in [2.75, 3.05) is 32.0 Å². The summed E-state index contributed by atoms with van der Waals surface area (Å²) in [6, 6.07) is 11.4. The second-order valence-electron chi connectivity index (χ2n) is 7.23. The molecule has 10 heteroatoms. The van der Waals surface area contributed by atoms with Crippen LogP contribution >= 0.6 is 0 Å². The molecule has 0 aliphatic carbocycles. The Morgan fingerprint density at radius 2 is 1.82 bits per heavy atom. The molecule has 33 heavy (non-hydrogen) atoms. The van der Waals surface area contributed by atoms with Gasteiger partial charge in [-0.15, -0.1) is 0 Å². The maximum absolute atomic E-state index is 13.5. The van der Waals surface area contributed by atoms with Gasteiger partial charge < -0.3 is 24.8 Å². The van der Waals surface area contributed by atoms with E-state index in [4.69, 9.17) is 14.2 Å². The number of esters is 1. The highest BCUT2D eigenvalue weighted by molar-refractivity contribution is 6.06. The van der Waals surface area contributed by atoms with Gasteiger partial charge in [-0.3, -0.25) is 4.79 Å². The fourth-order valence-electron chi connectivity index (χ4n) is 3.71. The quantitative estimate of drug-likeness (QED) is 0.552. The van der Waals surface area contributed by atoms with Crippen molar-refractivity contribution in [1.82, 2.24) is 14.8 Å². The largest absolute Gasteiger partial charge is 0.497 e. The predicted molar refractivity (Wildman–Crippen MR) is 120 cm³/mol. The third-order valence-electron chi connectivity index (χ3n) is 5.34. The van der Waals surface area contributed by atoms with Crippen molar-refractivity contribution in [2.24, 2.45) is 0 Å². The molecule has 2 heterocycles. The Labute approximate surface area is 190 Å². The molecule has 10 nitrogen and oxygen atoms in total. The summed E-state index contributed by atoms with van der Waals surface area (Å²) in [4.78, 5) is 29.6. The first-order chi connectivity index (χ1) is 16.0. The van der Waals surface area contributed by atoms with Gasteiger partial charge in [-0.25, -0.2) is 9.48 Å². The number of carbonyl (C=O) groups is 2. The number of benzene rings is 2. The fraction of sp³-hybridized carbons (Fsp3) is 0.217. The number of carbonyl (C=O) groups excluding carboxylic acids is 2. The Bertz CT molecular complexity index is 1230. The van der Waals surface area contributed by atoms with Gasteiger partial charge in [-0.1, -0.05) is 12.1 Å². The highest BCUT2D eigenvalue weighted by atomic mass is 16.5. The van der Waals surface area contributed by atoms with Crippen LogP contribution in [0.2, 0.25) is 0 Å². The molecule has 0 bridgehead atoms. The lowest BCUT2D eigenvalue weighted by molar-refractivity contribution is -0.113. The monoisotopic (exact) mass is 449 g/mol. The number of hydrogen-bond donors (Lipinski definition) is 2. The number of nitrogens with zero attached hydrogens (tertiary/aromatic N) is 3. The molecule has 1 aromatic heterocycles. The van der Waals surface area contributed by atoms with E-state index in [2.05, 4.69) is 20.7 Å². The maximum atomic E-state index is 13.5. The molecular weight excluding hydrogens is 426 g/mol. The summed E-state index contributed by atoms with van der Waals surface area (Å²) >= 11 is 0. The van der Waals surface area contributed by atoms with E-state index in [9.17, 15) is 9.59 Å². The van der Waals surface area contributed by atoms with Crippen LogP contribution in [-0.2, 0) is 9.53 Å². The molecule has 1 aliphatic heterocycles.